The maximum atomic E-state index is 12.9. The van der Waals surface area contributed by atoms with Crippen LogP contribution < -0.4 is 4.74 Å². The molecule has 6 heteroatoms. The van der Waals surface area contributed by atoms with Crippen LogP contribution in [0.5, 0.6) is 5.75 Å². The van der Waals surface area contributed by atoms with E-state index in [0.717, 1.165) is 35.3 Å². The molecular weight excluding hydrogens is 344 g/mol. The minimum atomic E-state index is -0.474. The van der Waals surface area contributed by atoms with Crippen LogP contribution in [0.1, 0.15) is 36.0 Å². The summed E-state index contributed by atoms with van der Waals surface area (Å²) in [5.41, 5.74) is 2.74. The van der Waals surface area contributed by atoms with Gasteiger partial charge in [0, 0.05) is 26.2 Å². The molecule has 2 aliphatic rings. The third-order valence-electron chi connectivity index (χ3n) is 6.11. The topological polar surface area (TPSA) is 70.1 Å². The van der Waals surface area contributed by atoms with Crippen LogP contribution in [0.4, 0.5) is 0 Å². The Hall–Kier alpha value is -2.08. The molecule has 2 saturated heterocycles. The average molecular weight is 374 g/mol. The van der Waals surface area contributed by atoms with Crippen molar-refractivity contribution in [2.75, 3.05) is 39.4 Å². The number of hydrogen-bond donors (Lipinski definition) is 1. The summed E-state index contributed by atoms with van der Waals surface area (Å²) in [6.07, 6.45) is 2.43. The van der Waals surface area contributed by atoms with Gasteiger partial charge in [-0.15, -0.1) is 0 Å². The molecule has 1 aromatic rings. The second-order valence-electron chi connectivity index (χ2n) is 7.91. The number of aliphatic hydroxyl groups excluding tert-OH is 1. The van der Waals surface area contributed by atoms with Crippen molar-refractivity contribution in [1.82, 2.24) is 9.80 Å². The van der Waals surface area contributed by atoms with E-state index in [1.807, 2.05) is 26.8 Å². The highest BCUT2D eigenvalue weighted by Crippen LogP contribution is 2.40. The van der Waals surface area contributed by atoms with Crippen molar-refractivity contribution in [3.63, 3.8) is 0 Å². The van der Waals surface area contributed by atoms with Gasteiger partial charge >= 0.3 is 0 Å². The van der Waals surface area contributed by atoms with Gasteiger partial charge in [-0.05, 0) is 56.7 Å². The first kappa shape index (κ1) is 19.7. The SMILES string of the molecule is Cc1ccc(C)c(OCC(=O)N2CCC3(CCCN(CCO)C3=O)C2)c1C. The zero-order valence-electron chi connectivity index (χ0n) is 16.6. The molecule has 2 aliphatic heterocycles. The van der Waals surface area contributed by atoms with Crippen LogP contribution in [0.15, 0.2) is 12.1 Å². The molecule has 3 rings (SSSR count). The van der Waals surface area contributed by atoms with E-state index in [0.29, 0.717) is 32.6 Å². The monoisotopic (exact) mass is 374 g/mol. The number of aryl methyl sites for hydroxylation is 2. The fraction of sp³-hybridized carbons (Fsp3) is 0.619. The van der Waals surface area contributed by atoms with Crippen LogP contribution in [0.2, 0.25) is 0 Å². The Morgan fingerprint density at radius 2 is 1.93 bits per heavy atom. The lowest BCUT2D eigenvalue weighted by atomic mass is 9.78. The molecule has 0 radical (unpaired) electrons. The van der Waals surface area contributed by atoms with Gasteiger partial charge in [0.25, 0.3) is 5.91 Å². The van der Waals surface area contributed by atoms with Gasteiger partial charge in [-0.25, -0.2) is 0 Å². The normalized spacial score (nSPS) is 22.6. The number of benzene rings is 1. The molecule has 1 unspecified atom stereocenters. The molecule has 0 aromatic heterocycles. The van der Waals surface area contributed by atoms with E-state index in [1.165, 1.54) is 0 Å². The number of rotatable bonds is 5. The first-order chi connectivity index (χ1) is 12.9. The number of nitrogens with zero attached hydrogens (tertiary/aromatic N) is 2. The highest BCUT2D eigenvalue weighted by molar-refractivity contribution is 5.86. The lowest BCUT2D eigenvalue weighted by Gasteiger charge is -2.39. The first-order valence-electron chi connectivity index (χ1n) is 9.75. The molecule has 2 amide bonds. The molecule has 0 bridgehead atoms. The summed E-state index contributed by atoms with van der Waals surface area (Å²) < 4.78 is 5.87. The molecule has 0 saturated carbocycles. The number of likely N-dealkylation sites (tertiary alicyclic amines) is 2. The number of aliphatic hydroxyl groups is 1. The lowest BCUT2D eigenvalue weighted by molar-refractivity contribution is -0.146. The molecule has 1 spiro atoms. The minimum absolute atomic E-state index is 0.00421. The first-order valence-corrected chi connectivity index (χ1v) is 9.75. The van der Waals surface area contributed by atoms with E-state index in [1.54, 1.807) is 9.80 Å². The van der Waals surface area contributed by atoms with Crippen LogP contribution >= 0.6 is 0 Å². The quantitative estimate of drug-likeness (QED) is 0.854. The molecule has 1 atom stereocenters. The third-order valence-corrected chi connectivity index (χ3v) is 6.11. The molecule has 2 heterocycles. The van der Waals surface area contributed by atoms with Crippen molar-refractivity contribution in [2.24, 2.45) is 5.41 Å². The van der Waals surface area contributed by atoms with E-state index in [-0.39, 0.29) is 25.0 Å². The highest BCUT2D eigenvalue weighted by Gasteiger charge is 2.49. The Morgan fingerprint density at radius 1 is 1.19 bits per heavy atom. The van der Waals surface area contributed by atoms with E-state index < -0.39 is 5.41 Å². The Kier molecular flexibility index (Phi) is 5.75. The van der Waals surface area contributed by atoms with Crippen molar-refractivity contribution >= 4 is 11.8 Å². The number of amides is 2. The third kappa shape index (κ3) is 3.81. The summed E-state index contributed by atoms with van der Waals surface area (Å²) in [5, 5.41) is 9.18. The second kappa shape index (κ2) is 7.89. The van der Waals surface area contributed by atoms with Gasteiger partial charge in [0.15, 0.2) is 6.61 Å². The number of ether oxygens (including phenoxy) is 1. The number of carbonyl (C=O) groups is 2. The molecule has 27 heavy (non-hydrogen) atoms. The number of β-amino-alcohol motifs (C(OH)–C–C–N with tert-alkyl or cyclic N) is 1. The fourth-order valence-electron chi connectivity index (χ4n) is 4.32. The summed E-state index contributed by atoms with van der Waals surface area (Å²) in [7, 11) is 0. The zero-order chi connectivity index (χ0) is 19.6. The van der Waals surface area contributed by atoms with Crippen LogP contribution in [0.3, 0.4) is 0 Å². The predicted octanol–water partition coefficient (Wildman–Crippen LogP) is 1.82. The molecule has 2 fully saturated rings. The van der Waals surface area contributed by atoms with Crippen molar-refractivity contribution < 1.29 is 19.4 Å². The Labute approximate surface area is 161 Å². The van der Waals surface area contributed by atoms with Crippen LogP contribution in [0.25, 0.3) is 0 Å². The second-order valence-corrected chi connectivity index (χ2v) is 7.91. The molecule has 6 nitrogen and oxygen atoms in total. The zero-order valence-corrected chi connectivity index (χ0v) is 16.6. The van der Waals surface area contributed by atoms with E-state index >= 15 is 0 Å². The predicted molar refractivity (Wildman–Crippen MR) is 103 cm³/mol. The van der Waals surface area contributed by atoms with Crippen molar-refractivity contribution in [3.05, 3.63) is 28.8 Å². The molecule has 148 valence electrons. The lowest BCUT2D eigenvalue weighted by Crippen LogP contribution is -2.51. The summed E-state index contributed by atoms with van der Waals surface area (Å²) >= 11 is 0. The van der Waals surface area contributed by atoms with Gasteiger partial charge in [0.2, 0.25) is 5.91 Å². The maximum Gasteiger partial charge on any atom is 0.260 e. The van der Waals surface area contributed by atoms with Crippen LogP contribution in [-0.4, -0.2) is 66.1 Å². The molecule has 1 aromatic carbocycles. The van der Waals surface area contributed by atoms with Crippen LogP contribution in [0, 0.1) is 26.2 Å². The van der Waals surface area contributed by atoms with Gasteiger partial charge in [-0.1, -0.05) is 12.1 Å². The number of piperidine rings is 1. The Bertz CT molecular complexity index is 731. The van der Waals surface area contributed by atoms with Crippen molar-refractivity contribution in [2.45, 2.75) is 40.0 Å². The Balaban J connectivity index is 1.63. The minimum Gasteiger partial charge on any atom is -0.483 e. The standard InChI is InChI=1S/C21H30N2O4/c1-15-5-6-16(2)19(17(15)3)27-13-18(25)23-10-8-21(14-23)7-4-9-22(11-12-24)20(21)26/h5-6,24H,4,7-14H2,1-3H3. The van der Waals surface area contributed by atoms with Gasteiger partial charge in [0.05, 0.1) is 12.0 Å². The molecule has 1 N–H and O–H groups in total. The summed E-state index contributed by atoms with van der Waals surface area (Å²) in [4.78, 5) is 29.1. The van der Waals surface area contributed by atoms with Gasteiger partial charge < -0.3 is 19.6 Å². The summed E-state index contributed by atoms with van der Waals surface area (Å²) in [6.45, 7) is 8.11. The summed E-state index contributed by atoms with van der Waals surface area (Å²) in [5.74, 6) is 0.795. The van der Waals surface area contributed by atoms with Gasteiger partial charge in [-0.2, -0.15) is 0 Å². The average Bonchev–Trinajstić information content (AvgIpc) is 3.07. The van der Waals surface area contributed by atoms with Crippen molar-refractivity contribution in [3.8, 4) is 5.75 Å². The molecule has 0 aliphatic carbocycles. The smallest absolute Gasteiger partial charge is 0.260 e. The van der Waals surface area contributed by atoms with Crippen molar-refractivity contribution in [1.29, 1.82) is 0 Å². The fourth-order valence-corrected chi connectivity index (χ4v) is 4.32. The highest BCUT2D eigenvalue weighted by atomic mass is 16.5. The van der Waals surface area contributed by atoms with Gasteiger partial charge in [-0.3, -0.25) is 9.59 Å². The summed E-state index contributed by atoms with van der Waals surface area (Å²) in [6, 6.07) is 4.06. The van der Waals surface area contributed by atoms with E-state index in [4.69, 9.17) is 4.74 Å². The Morgan fingerprint density at radius 3 is 2.67 bits per heavy atom. The maximum absolute atomic E-state index is 12.9. The number of hydrogen-bond acceptors (Lipinski definition) is 4. The number of carbonyl (C=O) groups excluding carboxylic acids is 2. The van der Waals surface area contributed by atoms with Crippen LogP contribution in [-0.2, 0) is 9.59 Å². The van der Waals surface area contributed by atoms with Gasteiger partial charge in [0.1, 0.15) is 5.75 Å². The van der Waals surface area contributed by atoms with E-state index in [2.05, 4.69) is 6.07 Å². The molecular formula is C21H30N2O4. The largest absolute Gasteiger partial charge is 0.483 e. The van der Waals surface area contributed by atoms with E-state index in [9.17, 15) is 14.7 Å².